The molecular formula is C8H7N9O. The van der Waals surface area contributed by atoms with Crippen LogP contribution in [0, 0.1) is 0 Å². The Balaban J connectivity index is 2.13. The van der Waals surface area contributed by atoms with Crippen LogP contribution in [-0.4, -0.2) is 51.6 Å². The van der Waals surface area contributed by atoms with E-state index in [1.807, 2.05) is 0 Å². The Kier molecular flexibility index (Phi) is 2.37. The summed E-state index contributed by atoms with van der Waals surface area (Å²) in [5, 5.41) is 7.87. The smallest absolute Gasteiger partial charge is 0.322 e. The van der Waals surface area contributed by atoms with Gasteiger partial charge in [0.25, 0.3) is 11.9 Å². The van der Waals surface area contributed by atoms with Crippen LogP contribution < -0.4 is 4.74 Å². The quantitative estimate of drug-likeness (QED) is 0.580. The lowest BCUT2D eigenvalue weighted by Gasteiger charge is -2.04. The molecule has 90 valence electrons. The van der Waals surface area contributed by atoms with E-state index in [-0.39, 0.29) is 17.9 Å². The van der Waals surface area contributed by atoms with Gasteiger partial charge in [0.05, 0.1) is 7.11 Å². The average Bonchev–Trinajstić information content (AvgIpc) is 3.10. The molecule has 10 heteroatoms. The van der Waals surface area contributed by atoms with E-state index in [4.69, 9.17) is 4.74 Å². The van der Waals surface area contributed by atoms with Gasteiger partial charge >= 0.3 is 6.01 Å². The second kappa shape index (κ2) is 4.16. The van der Waals surface area contributed by atoms with Gasteiger partial charge in [0.15, 0.2) is 0 Å². The van der Waals surface area contributed by atoms with E-state index in [1.54, 1.807) is 0 Å². The molecule has 10 nitrogen and oxygen atoms in total. The van der Waals surface area contributed by atoms with Gasteiger partial charge in [-0.15, -0.1) is 0 Å². The molecule has 3 aromatic heterocycles. The summed E-state index contributed by atoms with van der Waals surface area (Å²) < 4.78 is 7.79. The maximum absolute atomic E-state index is 5.01. The molecule has 3 heterocycles. The minimum atomic E-state index is 0.154. The Morgan fingerprint density at radius 1 is 0.889 bits per heavy atom. The monoisotopic (exact) mass is 245 g/mol. The van der Waals surface area contributed by atoms with Gasteiger partial charge in [-0.1, -0.05) is 0 Å². The highest BCUT2D eigenvalue weighted by molar-refractivity contribution is 5.19. The molecule has 0 amide bonds. The SMILES string of the molecule is COc1nc(-n2cncn2)nc(-n2cncn2)n1. The van der Waals surface area contributed by atoms with Crippen molar-refractivity contribution in [1.82, 2.24) is 44.5 Å². The zero-order valence-corrected chi connectivity index (χ0v) is 9.24. The average molecular weight is 245 g/mol. The predicted molar refractivity (Wildman–Crippen MR) is 56.2 cm³/mol. The van der Waals surface area contributed by atoms with E-state index in [9.17, 15) is 0 Å². The van der Waals surface area contributed by atoms with Crippen LogP contribution in [0.2, 0.25) is 0 Å². The van der Waals surface area contributed by atoms with Gasteiger partial charge < -0.3 is 4.74 Å². The van der Waals surface area contributed by atoms with Crippen LogP contribution in [0.5, 0.6) is 6.01 Å². The summed E-state index contributed by atoms with van der Waals surface area (Å²) in [5.41, 5.74) is 0. The summed E-state index contributed by atoms with van der Waals surface area (Å²) in [6.07, 6.45) is 5.70. The van der Waals surface area contributed by atoms with Crippen molar-refractivity contribution in [2.45, 2.75) is 0 Å². The van der Waals surface area contributed by atoms with Crippen LogP contribution in [0.4, 0.5) is 0 Å². The number of nitrogens with zero attached hydrogens (tertiary/aromatic N) is 9. The van der Waals surface area contributed by atoms with Crippen LogP contribution in [0.1, 0.15) is 0 Å². The zero-order chi connectivity index (χ0) is 12.4. The molecule has 18 heavy (non-hydrogen) atoms. The number of hydrogen-bond donors (Lipinski definition) is 0. The van der Waals surface area contributed by atoms with E-state index in [0.717, 1.165) is 0 Å². The second-order valence-electron chi connectivity index (χ2n) is 3.10. The van der Waals surface area contributed by atoms with Gasteiger partial charge in [-0.25, -0.2) is 9.97 Å². The highest BCUT2D eigenvalue weighted by atomic mass is 16.5. The van der Waals surface area contributed by atoms with Gasteiger partial charge in [0, 0.05) is 0 Å². The summed E-state index contributed by atoms with van der Waals surface area (Å²) in [5.74, 6) is 0.565. The molecule has 0 spiro atoms. The molecule has 0 bridgehead atoms. The van der Waals surface area contributed by atoms with Gasteiger partial charge in [0.2, 0.25) is 0 Å². The van der Waals surface area contributed by atoms with Crippen molar-refractivity contribution in [3.05, 3.63) is 25.3 Å². The molecule has 0 atom stereocenters. The molecule has 0 saturated carbocycles. The Morgan fingerprint density at radius 2 is 1.44 bits per heavy atom. The summed E-state index contributed by atoms with van der Waals surface area (Å²) in [6.45, 7) is 0. The molecule has 0 N–H and O–H groups in total. The van der Waals surface area contributed by atoms with Crippen molar-refractivity contribution in [3.63, 3.8) is 0 Å². The van der Waals surface area contributed by atoms with E-state index < -0.39 is 0 Å². The molecule has 0 saturated heterocycles. The Morgan fingerprint density at radius 3 is 1.83 bits per heavy atom. The Labute approximate surface area is 100 Å². The third-order valence-corrected chi connectivity index (χ3v) is 2.02. The van der Waals surface area contributed by atoms with Crippen molar-refractivity contribution in [1.29, 1.82) is 0 Å². The predicted octanol–water partition coefficient (Wildman–Crippen LogP) is -0.958. The lowest BCUT2D eigenvalue weighted by Crippen LogP contribution is -2.10. The fourth-order valence-electron chi connectivity index (χ4n) is 1.25. The molecule has 3 rings (SSSR count). The first kappa shape index (κ1) is 10.3. The molecule has 0 aliphatic carbocycles. The molecule has 0 fully saturated rings. The van der Waals surface area contributed by atoms with Gasteiger partial charge in [-0.05, 0) is 0 Å². The zero-order valence-electron chi connectivity index (χ0n) is 9.24. The minimum Gasteiger partial charge on any atom is -0.467 e. The third-order valence-electron chi connectivity index (χ3n) is 2.02. The third kappa shape index (κ3) is 1.75. The van der Waals surface area contributed by atoms with Crippen LogP contribution in [0.15, 0.2) is 25.3 Å². The molecule has 0 aliphatic rings. The van der Waals surface area contributed by atoms with Crippen molar-refractivity contribution in [3.8, 4) is 17.9 Å². The number of hydrogen-bond acceptors (Lipinski definition) is 8. The van der Waals surface area contributed by atoms with Crippen molar-refractivity contribution >= 4 is 0 Å². The molecular weight excluding hydrogens is 238 g/mol. The minimum absolute atomic E-state index is 0.154. The number of aromatic nitrogens is 9. The van der Waals surface area contributed by atoms with E-state index in [0.29, 0.717) is 0 Å². The number of methoxy groups -OCH3 is 1. The molecule has 0 radical (unpaired) electrons. The maximum atomic E-state index is 5.01. The fraction of sp³-hybridized carbons (Fsp3) is 0.125. The largest absolute Gasteiger partial charge is 0.467 e. The molecule has 0 aliphatic heterocycles. The van der Waals surface area contributed by atoms with E-state index in [2.05, 4.69) is 35.1 Å². The highest BCUT2D eigenvalue weighted by Crippen LogP contribution is 2.08. The van der Waals surface area contributed by atoms with Crippen LogP contribution in [0.25, 0.3) is 11.9 Å². The molecule has 0 unspecified atom stereocenters. The van der Waals surface area contributed by atoms with Gasteiger partial charge in [-0.2, -0.15) is 34.5 Å². The van der Waals surface area contributed by atoms with Crippen molar-refractivity contribution in [2.75, 3.05) is 7.11 Å². The summed E-state index contributed by atoms with van der Waals surface area (Å²) >= 11 is 0. The molecule has 3 aromatic rings. The summed E-state index contributed by atoms with van der Waals surface area (Å²) in [4.78, 5) is 19.9. The van der Waals surface area contributed by atoms with E-state index in [1.165, 1.54) is 41.8 Å². The summed E-state index contributed by atoms with van der Waals surface area (Å²) in [7, 11) is 1.46. The van der Waals surface area contributed by atoms with E-state index >= 15 is 0 Å². The van der Waals surface area contributed by atoms with Gasteiger partial charge in [-0.3, -0.25) is 0 Å². The number of ether oxygens (including phenoxy) is 1. The maximum Gasteiger partial charge on any atom is 0.322 e. The second-order valence-corrected chi connectivity index (χ2v) is 3.10. The first-order chi connectivity index (χ1) is 8.86. The topological polar surface area (TPSA) is 109 Å². The fourth-order valence-corrected chi connectivity index (χ4v) is 1.25. The number of rotatable bonds is 3. The Hall–Kier alpha value is -2.91. The van der Waals surface area contributed by atoms with Crippen LogP contribution in [0.3, 0.4) is 0 Å². The lowest BCUT2D eigenvalue weighted by molar-refractivity contribution is 0.375. The normalized spacial score (nSPS) is 10.5. The molecule has 0 aromatic carbocycles. The van der Waals surface area contributed by atoms with Crippen molar-refractivity contribution in [2.24, 2.45) is 0 Å². The highest BCUT2D eigenvalue weighted by Gasteiger charge is 2.10. The van der Waals surface area contributed by atoms with Gasteiger partial charge in [0.1, 0.15) is 25.3 Å². The lowest BCUT2D eigenvalue weighted by atomic mass is 10.8. The summed E-state index contributed by atoms with van der Waals surface area (Å²) in [6, 6.07) is 0.154. The first-order valence-corrected chi connectivity index (χ1v) is 4.87. The standard InChI is InChI=1S/C8H7N9O/c1-18-8-14-6(16-4-9-2-11-16)13-7(15-8)17-5-10-3-12-17/h2-5H,1H3. The van der Waals surface area contributed by atoms with Crippen LogP contribution >= 0.6 is 0 Å². The first-order valence-electron chi connectivity index (χ1n) is 4.87. The van der Waals surface area contributed by atoms with Crippen LogP contribution in [-0.2, 0) is 0 Å². The van der Waals surface area contributed by atoms with Crippen molar-refractivity contribution < 1.29 is 4.74 Å². The Bertz CT molecular complexity index is 580.